The zero-order valence-electron chi connectivity index (χ0n) is 16.1. The molecule has 2 aliphatic rings. The highest BCUT2D eigenvalue weighted by Gasteiger charge is 2.30. The molecule has 3 amide bonds. The highest BCUT2D eigenvalue weighted by molar-refractivity contribution is 6.04. The molecule has 0 aliphatic carbocycles. The van der Waals surface area contributed by atoms with Crippen LogP contribution in [0.5, 0.6) is 5.75 Å². The van der Waals surface area contributed by atoms with Crippen molar-refractivity contribution >= 4 is 23.4 Å². The first kappa shape index (κ1) is 19.2. The predicted octanol–water partition coefficient (Wildman–Crippen LogP) is 0.278. The van der Waals surface area contributed by atoms with Crippen molar-refractivity contribution in [2.45, 2.75) is 6.92 Å². The number of anilines is 1. The van der Waals surface area contributed by atoms with Gasteiger partial charge in [-0.25, -0.2) is 0 Å². The number of hydrogen-bond donors (Lipinski definition) is 0. The summed E-state index contributed by atoms with van der Waals surface area (Å²) >= 11 is 0. The maximum absolute atomic E-state index is 12.7. The van der Waals surface area contributed by atoms with Gasteiger partial charge >= 0.3 is 0 Å². The van der Waals surface area contributed by atoms with Gasteiger partial charge in [-0.3, -0.25) is 19.3 Å². The van der Waals surface area contributed by atoms with Crippen LogP contribution in [0, 0.1) is 0 Å². The van der Waals surface area contributed by atoms with Gasteiger partial charge in [0.15, 0.2) is 6.61 Å². The summed E-state index contributed by atoms with van der Waals surface area (Å²) in [5.41, 5.74) is 0.922. The van der Waals surface area contributed by atoms with Gasteiger partial charge in [-0.2, -0.15) is 0 Å². The van der Waals surface area contributed by atoms with E-state index in [-0.39, 0.29) is 30.9 Å². The molecule has 1 aromatic rings. The number of fused-ring (bicyclic) bond motifs is 1. The molecule has 1 fully saturated rings. The zero-order valence-corrected chi connectivity index (χ0v) is 16.1. The molecule has 2 aliphatic heterocycles. The highest BCUT2D eigenvalue weighted by Crippen LogP contribution is 2.33. The summed E-state index contributed by atoms with van der Waals surface area (Å²) in [6.07, 6.45) is 0. The van der Waals surface area contributed by atoms with Gasteiger partial charge in [0.25, 0.3) is 11.8 Å². The quantitative estimate of drug-likeness (QED) is 0.757. The minimum absolute atomic E-state index is 0.0407. The molecule has 0 atom stereocenters. The standard InChI is InChI=1S/C19H26N4O4/c1-4-21-7-9-22(10-8-21)17(24)12-23-15-11-14(19(26)20(2)3)5-6-16(15)27-13-18(23)25/h5-6,11H,4,7-10,12-13H2,1-3H3. The van der Waals surface area contributed by atoms with Crippen LogP contribution in [0.15, 0.2) is 18.2 Å². The van der Waals surface area contributed by atoms with Crippen LogP contribution in [0.1, 0.15) is 17.3 Å². The lowest BCUT2D eigenvalue weighted by Crippen LogP contribution is -2.52. The Hall–Kier alpha value is -2.61. The number of likely N-dealkylation sites (N-methyl/N-ethyl adjacent to an activating group) is 1. The van der Waals surface area contributed by atoms with E-state index in [0.29, 0.717) is 30.1 Å². The van der Waals surface area contributed by atoms with Crippen LogP contribution in [-0.4, -0.2) is 92.4 Å². The van der Waals surface area contributed by atoms with Crippen molar-refractivity contribution in [2.24, 2.45) is 0 Å². The maximum Gasteiger partial charge on any atom is 0.265 e. The minimum atomic E-state index is -0.280. The van der Waals surface area contributed by atoms with E-state index in [2.05, 4.69) is 11.8 Å². The van der Waals surface area contributed by atoms with Gasteiger partial charge in [-0.15, -0.1) is 0 Å². The molecular weight excluding hydrogens is 348 g/mol. The van der Waals surface area contributed by atoms with Crippen LogP contribution in [0.25, 0.3) is 0 Å². The summed E-state index contributed by atoms with van der Waals surface area (Å²) in [6.45, 7) is 5.95. The van der Waals surface area contributed by atoms with Crippen molar-refractivity contribution in [3.63, 3.8) is 0 Å². The van der Waals surface area contributed by atoms with Crippen molar-refractivity contribution in [1.29, 1.82) is 0 Å². The fourth-order valence-corrected chi connectivity index (χ4v) is 3.32. The van der Waals surface area contributed by atoms with Crippen molar-refractivity contribution in [1.82, 2.24) is 14.7 Å². The predicted molar refractivity (Wildman–Crippen MR) is 101 cm³/mol. The largest absolute Gasteiger partial charge is 0.482 e. The van der Waals surface area contributed by atoms with Gasteiger partial charge in [-0.05, 0) is 24.7 Å². The van der Waals surface area contributed by atoms with Crippen LogP contribution in [0.3, 0.4) is 0 Å². The molecule has 8 nitrogen and oxygen atoms in total. The van der Waals surface area contributed by atoms with Gasteiger partial charge in [0.05, 0.1) is 5.69 Å². The third kappa shape index (κ3) is 4.05. The first-order valence-corrected chi connectivity index (χ1v) is 9.19. The van der Waals surface area contributed by atoms with E-state index < -0.39 is 0 Å². The third-order valence-electron chi connectivity index (χ3n) is 5.02. The smallest absolute Gasteiger partial charge is 0.265 e. The van der Waals surface area contributed by atoms with Gasteiger partial charge in [0.1, 0.15) is 12.3 Å². The van der Waals surface area contributed by atoms with E-state index in [1.165, 1.54) is 9.80 Å². The minimum Gasteiger partial charge on any atom is -0.482 e. The fourth-order valence-electron chi connectivity index (χ4n) is 3.32. The number of benzene rings is 1. The molecule has 0 spiro atoms. The van der Waals surface area contributed by atoms with Crippen LogP contribution in [-0.2, 0) is 9.59 Å². The van der Waals surface area contributed by atoms with Crippen molar-refractivity contribution in [3.05, 3.63) is 23.8 Å². The molecule has 3 rings (SSSR count). The molecule has 2 heterocycles. The van der Waals surface area contributed by atoms with Gasteiger partial charge in [0, 0.05) is 45.8 Å². The molecule has 0 saturated carbocycles. The second kappa shape index (κ2) is 7.96. The molecule has 0 N–H and O–H groups in total. The molecule has 146 valence electrons. The molecule has 0 aromatic heterocycles. The number of rotatable bonds is 4. The first-order chi connectivity index (χ1) is 12.9. The van der Waals surface area contributed by atoms with Crippen LogP contribution in [0.2, 0.25) is 0 Å². The Kier molecular flexibility index (Phi) is 5.65. The number of amides is 3. The molecule has 1 aromatic carbocycles. The lowest BCUT2D eigenvalue weighted by atomic mass is 10.1. The van der Waals surface area contributed by atoms with Gasteiger partial charge in [0.2, 0.25) is 5.91 Å². The van der Waals surface area contributed by atoms with E-state index in [0.717, 1.165) is 19.6 Å². The Morgan fingerprint density at radius 3 is 2.48 bits per heavy atom. The summed E-state index contributed by atoms with van der Waals surface area (Å²) in [4.78, 5) is 44.4. The average Bonchev–Trinajstić information content (AvgIpc) is 2.69. The van der Waals surface area contributed by atoms with Crippen LogP contribution >= 0.6 is 0 Å². The van der Waals surface area contributed by atoms with E-state index in [1.807, 2.05) is 0 Å². The molecule has 1 saturated heterocycles. The Balaban J connectivity index is 1.78. The van der Waals surface area contributed by atoms with E-state index in [1.54, 1.807) is 37.2 Å². The monoisotopic (exact) mass is 374 g/mol. The van der Waals surface area contributed by atoms with Crippen LogP contribution in [0.4, 0.5) is 5.69 Å². The average molecular weight is 374 g/mol. The fraction of sp³-hybridized carbons (Fsp3) is 0.526. The summed E-state index contributed by atoms with van der Waals surface area (Å²) in [6, 6.07) is 4.97. The second-order valence-electron chi connectivity index (χ2n) is 6.97. The number of piperazine rings is 1. The first-order valence-electron chi connectivity index (χ1n) is 9.19. The Morgan fingerprint density at radius 1 is 1.15 bits per heavy atom. The number of hydrogen-bond acceptors (Lipinski definition) is 5. The topological polar surface area (TPSA) is 73.4 Å². The van der Waals surface area contributed by atoms with Gasteiger partial charge in [-0.1, -0.05) is 6.92 Å². The van der Waals surface area contributed by atoms with Crippen LogP contribution < -0.4 is 9.64 Å². The molecule has 0 unspecified atom stereocenters. The summed E-state index contributed by atoms with van der Waals surface area (Å²) in [5, 5.41) is 0. The summed E-state index contributed by atoms with van der Waals surface area (Å²) in [5.74, 6) is -0.0277. The molecule has 0 radical (unpaired) electrons. The lowest BCUT2D eigenvalue weighted by Gasteiger charge is -2.36. The molecule has 8 heteroatoms. The molecular formula is C19H26N4O4. The SMILES string of the molecule is CCN1CCN(C(=O)CN2C(=O)COc3ccc(C(=O)N(C)C)cc32)CC1. The number of nitrogens with zero attached hydrogens (tertiary/aromatic N) is 4. The number of carbonyl (C=O) groups excluding carboxylic acids is 3. The van der Waals surface area contributed by atoms with Gasteiger partial charge < -0.3 is 19.4 Å². The lowest BCUT2D eigenvalue weighted by molar-refractivity contribution is -0.133. The summed E-state index contributed by atoms with van der Waals surface area (Å²) < 4.78 is 5.47. The maximum atomic E-state index is 12.7. The third-order valence-corrected chi connectivity index (χ3v) is 5.02. The molecule has 27 heavy (non-hydrogen) atoms. The van der Waals surface area contributed by atoms with E-state index >= 15 is 0 Å². The van der Waals surface area contributed by atoms with Crippen molar-refractivity contribution in [2.75, 3.05) is 64.9 Å². The van der Waals surface area contributed by atoms with E-state index in [9.17, 15) is 14.4 Å². The molecule has 0 bridgehead atoms. The van der Waals surface area contributed by atoms with E-state index in [4.69, 9.17) is 4.74 Å². The van der Waals surface area contributed by atoms with Crippen molar-refractivity contribution in [3.8, 4) is 5.75 Å². The summed E-state index contributed by atoms with van der Waals surface area (Å²) in [7, 11) is 3.33. The number of ether oxygens (including phenoxy) is 1. The highest BCUT2D eigenvalue weighted by atomic mass is 16.5. The normalized spacial score (nSPS) is 17.4. The van der Waals surface area contributed by atoms with Crippen molar-refractivity contribution < 1.29 is 19.1 Å². The zero-order chi connectivity index (χ0) is 19.6. The number of carbonyl (C=O) groups is 3. The second-order valence-corrected chi connectivity index (χ2v) is 6.97. The Labute approximate surface area is 159 Å². The Bertz CT molecular complexity index is 741. The Morgan fingerprint density at radius 2 is 1.85 bits per heavy atom.